The van der Waals surface area contributed by atoms with Crippen LogP contribution in [0.5, 0.6) is 0 Å². The Morgan fingerprint density at radius 2 is 2.19 bits per heavy atom. The van der Waals surface area contributed by atoms with E-state index in [4.69, 9.17) is 16.3 Å². The number of nitrogens with one attached hydrogen (secondary N) is 1. The van der Waals surface area contributed by atoms with Crippen LogP contribution in [0.25, 0.3) is 0 Å². The number of carbonyl (C=O) groups is 2. The molecule has 2 saturated carbocycles. The Labute approximate surface area is 135 Å². The van der Waals surface area contributed by atoms with Gasteiger partial charge in [0.25, 0.3) is 0 Å². The fourth-order valence-electron chi connectivity index (χ4n) is 4.17. The minimum absolute atomic E-state index is 0.0489. The molecule has 6 heteroatoms. The molecule has 4 nitrogen and oxygen atoms in total. The molecule has 1 aromatic carbocycles. The van der Waals surface area contributed by atoms with Gasteiger partial charge in [0.15, 0.2) is 0 Å². The smallest absolute Gasteiger partial charge is 0.310 e. The van der Waals surface area contributed by atoms with Crippen LogP contribution in [0.3, 0.4) is 0 Å². The number of amides is 1. The number of hydrogen-bond acceptors (Lipinski definition) is 3. The minimum Gasteiger partial charge on any atom is -0.462 e. The highest BCUT2D eigenvalue weighted by Gasteiger charge is 2.63. The van der Waals surface area contributed by atoms with E-state index in [0.29, 0.717) is 10.7 Å². The summed E-state index contributed by atoms with van der Waals surface area (Å²) in [6.45, 7) is 0. The first kappa shape index (κ1) is 13.6. The van der Waals surface area contributed by atoms with Crippen molar-refractivity contribution in [3.63, 3.8) is 0 Å². The molecule has 3 aliphatic rings. The Morgan fingerprint density at radius 3 is 2.95 bits per heavy atom. The molecule has 2 aliphatic carbocycles. The number of halogens is 2. The first-order chi connectivity index (χ1) is 10.0. The van der Waals surface area contributed by atoms with Gasteiger partial charge in [-0.05, 0) is 37.0 Å². The Hall–Kier alpha value is -1.07. The molecule has 0 aromatic heterocycles. The first-order valence-electron chi connectivity index (χ1n) is 7.01. The van der Waals surface area contributed by atoms with E-state index in [1.54, 1.807) is 12.1 Å². The quantitative estimate of drug-likeness (QED) is 0.813. The fraction of sp³-hybridized carbons (Fsp3) is 0.467. The predicted octanol–water partition coefficient (Wildman–Crippen LogP) is 3.24. The van der Waals surface area contributed by atoms with Gasteiger partial charge in [-0.15, -0.1) is 0 Å². The largest absolute Gasteiger partial charge is 0.462 e. The summed E-state index contributed by atoms with van der Waals surface area (Å²) in [5.41, 5.74) is 0.579. The molecule has 110 valence electrons. The molecular formula is C15H13BrClNO3. The lowest BCUT2D eigenvalue weighted by Gasteiger charge is -2.23. The lowest BCUT2D eigenvalue weighted by molar-refractivity contribution is -0.145. The SMILES string of the molecule is O=C(Nc1ccc(Br)cc1Cl)[C@H]1[C@H]2C[C@@H]3[C@@H]1C(=O)O[C@@H]3C2. The van der Waals surface area contributed by atoms with Gasteiger partial charge in [0, 0.05) is 10.4 Å². The van der Waals surface area contributed by atoms with E-state index in [2.05, 4.69) is 21.2 Å². The molecule has 1 aliphatic heterocycles. The Bertz CT molecular complexity index is 648. The zero-order chi connectivity index (χ0) is 14.7. The maximum atomic E-state index is 12.6. The summed E-state index contributed by atoms with van der Waals surface area (Å²) in [5.74, 6) is -0.366. The van der Waals surface area contributed by atoms with Crippen molar-refractivity contribution in [3.8, 4) is 0 Å². The first-order valence-corrected chi connectivity index (χ1v) is 8.18. The fourth-order valence-corrected chi connectivity index (χ4v) is 4.89. The van der Waals surface area contributed by atoms with Gasteiger partial charge < -0.3 is 10.1 Å². The van der Waals surface area contributed by atoms with Crippen molar-refractivity contribution in [2.75, 3.05) is 5.32 Å². The molecule has 1 saturated heterocycles. The standard InChI is InChI=1S/C15H13BrClNO3/c16-7-1-2-10(9(17)5-7)18-14(19)12-6-3-8-11(4-6)21-15(20)13(8)12/h1-2,5-6,8,11-13H,3-4H2,(H,18,19)/t6-,8-,11+,12-,13-/m0/s1. The molecule has 1 heterocycles. The maximum absolute atomic E-state index is 12.6. The summed E-state index contributed by atoms with van der Waals surface area (Å²) in [5, 5.41) is 3.35. The van der Waals surface area contributed by atoms with Crippen LogP contribution in [-0.4, -0.2) is 18.0 Å². The molecule has 1 amide bonds. The lowest BCUT2D eigenvalue weighted by Crippen LogP contribution is -2.35. The molecule has 1 aromatic rings. The van der Waals surface area contributed by atoms with Crippen molar-refractivity contribution >= 4 is 45.1 Å². The summed E-state index contributed by atoms with van der Waals surface area (Å²) >= 11 is 9.46. The third-order valence-electron chi connectivity index (χ3n) is 4.97. The number of ether oxygens (including phenoxy) is 1. The van der Waals surface area contributed by atoms with Crippen LogP contribution in [0.15, 0.2) is 22.7 Å². The average molecular weight is 371 g/mol. The lowest BCUT2D eigenvalue weighted by atomic mass is 9.79. The van der Waals surface area contributed by atoms with Crippen molar-refractivity contribution in [2.24, 2.45) is 23.7 Å². The third kappa shape index (κ3) is 2.01. The number of rotatable bonds is 2. The van der Waals surface area contributed by atoms with Crippen LogP contribution in [-0.2, 0) is 14.3 Å². The molecule has 21 heavy (non-hydrogen) atoms. The zero-order valence-electron chi connectivity index (χ0n) is 11.0. The maximum Gasteiger partial charge on any atom is 0.310 e. The second-order valence-electron chi connectivity index (χ2n) is 6.04. The van der Waals surface area contributed by atoms with Crippen LogP contribution >= 0.6 is 27.5 Å². The predicted molar refractivity (Wildman–Crippen MR) is 80.9 cm³/mol. The molecular weight excluding hydrogens is 358 g/mol. The number of esters is 1. The Kier molecular flexibility index (Phi) is 3.05. The van der Waals surface area contributed by atoms with Crippen molar-refractivity contribution in [3.05, 3.63) is 27.7 Å². The highest BCUT2D eigenvalue weighted by molar-refractivity contribution is 9.10. The summed E-state index contributed by atoms with van der Waals surface area (Å²) in [6.07, 6.45) is 1.79. The van der Waals surface area contributed by atoms with Gasteiger partial charge >= 0.3 is 5.97 Å². The number of anilines is 1. The summed E-state index contributed by atoms with van der Waals surface area (Å²) < 4.78 is 6.21. The summed E-state index contributed by atoms with van der Waals surface area (Å²) in [7, 11) is 0. The molecule has 0 unspecified atom stereocenters. The van der Waals surface area contributed by atoms with Gasteiger partial charge in [0.1, 0.15) is 6.10 Å². The highest BCUT2D eigenvalue weighted by atomic mass is 79.9. The van der Waals surface area contributed by atoms with Crippen LogP contribution < -0.4 is 5.32 Å². The van der Waals surface area contributed by atoms with E-state index in [0.717, 1.165) is 17.3 Å². The Balaban J connectivity index is 1.57. The van der Waals surface area contributed by atoms with Gasteiger partial charge in [-0.3, -0.25) is 9.59 Å². The Morgan fingerprint density at radius 1 is 1.38 bits per heavy atom. The molecule has 5 atom stereocenters. The zero-order valence-corrected chi connectivity index (χ0v) is 13.4. The molecule has 2 bridgehead atoms. The average Bonchev–Trinajstić information content (AvgIpc) is 3.02. The second-order valence-corrected chi connectivity index (χ2v) is 7.36. The number of carbonyl (C=O) groups excluding carboxylic acids is 2. The van der Waals surface area contributed by atoms with E-state index in [1.165, 1.54) is 0 Å². The van der Waals surface area contributed by atoms with Gasteiger partial charge in [0.05, 0.1) is 22.5 Å². The molecule has 0 spiro atoms. The second kappa shape index (κ2) is 4.71. The van der Waals surface area contributed by atoms with Gasteiger partial charge in [-0.2, -0.15) is 0 Å². The monoisotopic (exact) mass is 369 g/mol. The topological polar surface area (TPSA) is 55.4 Å². The molecule has 0 radical (unpaired) electrons. The normalized spacial score (nSPS) is 35.9. The van der Waals surface area contributed by atoms with E-state index >= 15 is 0 Å². The van der Waals surface area contributed by atoms with Crippen molar-refractivity contribution in [1.29, 1.82) is 0 Å². The third-order valence-corrected chi connectivity index (χ3v) is 5.78. The summed E-state index contributed by atoms with van der Waals surface area (Å²) in [6, 6.07) is 5.31. The van der Waals surface area contributed by atoms with Crippen LogP contribution in [0, 0.1) is 23.7 Å². The van der Waals surface area contributed by atoms with Crippen molar-refractivity contribution in [1.82, 2.24) is 0 Å². The molecule has 4 rings (SSSR count). The van der Waals surface area contributed by atoms with E-state index < -0.39 is 0 Å². The number of benzene rings is 1. The van der Waals surface area contributed by atoms with Crippen LogP contribution in [0.1, 0.15) is 12.8 Å². The van der Waals surface area contributed by atoms with E-state index in [1.807, 2.05) is 6.07 Å². The van der Waals surface area contributed by atoms with Gasteiger partial charge in [-0.1, -0.05) is 27.5 Å². The summed E-state index contributed by atoms with van der Waals surface area (Å²) in [4.78, 5) is 24.5. The van der Waals surface area contributed by atoms with Gasteiger partial charge in [0.2, 0.25) is 5.91 Å². The van der Waals surface area contributed by atoms with Crippen molar-refractivity contribution in [2.45, 2.75) is 18.9 Å². The number of fused-ring (bicyclic) bond motifs is 1. The molecule has 3 fully saturated rings. The van der Waals surface area contributed by atoms with E-state index in [-0.39, 0.29) is 41.7 Å². The minimum atomic E-state index is -0.277. The highest BCUT2D eigenvalue weighted by Crippen LogP contribution is 2.57. The van der Waals surface area contributed by atoms with Crippen LogP contribution in [0.2, 0.25) is 5.02 Å². The van der Waals surface area contributed by atoms with Gasteiger partial charge in [-0.25, -0.2) is 0 Å². The molecule has 1 N–H and O–H groups in total. The van der Waals surface area contributed by atoms with Crippen LogP contribution in [0.4, 0.5) is 5.69 Å². The number of hydrogen-bond donors (Lipinski definition) is 1. The van der Waals surface area contributed by atoms with E-state index in [9.17, 15) is 9.59 Å². The van der Waals surface area contributed by atoms with Crippen molar-refractivity contribution < 1.29 is 14.3 Å².